The first-order chi connectivity index (χ1) is 6.62. The summed E-state index contributed by atoms with van der Waals surface area (Å²) in [5.41, 5.74) is 1.84. The zero-order chi connectivity index (χ0) is 10.6. The summed E-state index contributed by atoms with van der Waals surface area (Å²) in [5, 5.41) is 9.14. The van der Waals surface area contributed by atoms with Crippen LogP contribution in [0, 0.1) is 18.3 Å². The van der Waals surface area contributed by atoms with Crippen LogP contribution in [0.5, 0.6) is 0 Å². The third-order valence-electron chi connectivity index (χ3n) is 2.49. The van der Waals surface area contributed by atoms with Crippen molar-refractivity contribution in [2.24, 2.45) is 0 Å². The Morgan fingerprint density at radius 2 is 2.00 bits per heavy atom. The molecule has 1 heteroatoms. The normalized spacial score (nSPS) is 14.1. The molecule has 0 bridgehead atoms. The van der Waals surface area contributed by atoms with Gasteiger partial charge in [0.15, 0.2) is 0 Å². The average molecular weight is 185 g/mol. The predicted octanol–water partition coefficient (Wildman–Crippen LogP) is 3.35. The van der Waals surface area contributed by atoms with Crippen LogP contribution >= 0.6 is 0 Å². The van der Waals surface area contributed by atoms with Gasteiger partial charge in [-0.3, -0.25) is 0 Å². The highest BCUT2D eigenvalue weighted by Gasteiger charge is 2.24. The minimum absolute atomic E-state index is 0.435. The fraction of sp³-hybridized carbons (Fsp3) is 0.308. The second-order valence-electron chi connectivity index (χ2n) is 3.80. The molecule has 0 aliphatic heterocycles. The molecule has 0 aliphatic rings. The Balaban J connectivity index is 3.07. The summed E-state index contributed by atoms with van der Waals surface area (Å²) in [6, 6.07) is 10.4. The smallest absolute Gasteiger partial charge is 0.0828 e. The molecule has 0 aromatic heterocycles. The molecule has 1 aromatic rings. The standard InChI is InChI=1S/C13H15N/c1-4-9-13(3,10-14)12-7-5-11(2)6-8-12/h4-8H,1,9H2,2-3H3. The predicted molar refractivity (Wildman–Crippen MR) is 59.0 cm³/mol. The van der Waals surface area contributed by atoms with E-state index >= 15 is 0 Å². The van der Waals surface area contributed by atoms with Crippen molar-refractivity contribution in [3.63, 3.8) is 0 Å². The number of aryl methyl sites for hydroxylation is 1. The zero-order valence-electron chi connectivity index (χ0n) is 8.75. The Morgan fingerprint density at radius 3 is 2.43 bits per heavy atom. The van der Waals surface area contributed by atoms with Crippen LogP contribution in [0.4, 0.5) is 0 Å². The molecule has 0 radical (unpaired) electrons. The van der Waals surface area contributed by atoms with E-state index < -0.39 is 5.41 Å². The SMILES string of the molecule is C=CCC(C)(C#N)c1ccc(C)cc1. The van der Waals surface area contributed by atoms with Crippen molar-refractivity contribution >= 4 is 0 Å². The molecule has 72 valence electrons. The quantitative estimate of drug-likeness (QED) is 0.662. The van der Waals surface area contributed by atoms with Gasteiger partial charge in [0.1, 0.15) is 0 Å². The fourth-order valence-corrected chi connectivity index (χ4v) is 1.44. The van der Waals surface area contributed by atoms with Crippen molar-refractivity contribution in [3.05, 3.63) is 48.0 Å². The number of benzene rings is 1. The number of rotatable bonds is 3. The lowest BCUT2D eigenvalue weighted by atomic mass is 9.81. The van der Waals surface area contributed by atoms with E-state index in [1.165, 1.54) is 5.56 Å². The number of allylic oxidation sites excluding steroid dienone is 1. The number of hydrogen-bond acceptors (Lipinski definition) is 1. The van der Waals surface area contributed by atoms with Gasteiger partial charge in [-0.05, 0) is 25.8 Å². The van der Waals surface area contributed by atoms with Crippen molar-refractivity contribution in [2.45, 2.75) is 25.7 Å². The highest BCUT2D eigenvalue weighted by molar-refractivity contribution is 5.34. The van der Waals surface area contributed by atoms with Crippen LogP contribution in [0.3, 0.4) is 0 Å². The first-order valence-electron chi connectivity index (χ1n) is 4.72. The summed E-state index contributed by atoms with van der Waals surface area (Å²) in [6.07, 6.45) is 2.48. The fourth-order valence-electron chi connectivity index (χ4n) is 1.44. The number of nitriles is 1. The van der Waals surface area contributed by atoms with Gasteiger partial charge < -0.3 is 0 Å². The van der Waals surface area contributed by atoms with Gasteiger partial charge in [0, 0.05) is 0 Å². The maximum atomic E-state index is 9.14. The van der Waals surface area contributed by atoms with Gasteiger partial charge >= 0.3 is 0 Å². The molecule has 1 nitrogen and oxygen atoms in total. The van der Waals surface area contributed by atoms with E-state index in [9.17, 15) is 0 Å². The third-order valence-corrected chi connectivity index (χ3v) is 2.49. The minimum Gasteiger partial charge on any atom is -0.197 e. The van der Waals surface area contributed by atoms with Crippen LogP contribution in [0.1, 0.15) is 24.5 Å². The van der Waals surface area contributed by atoms with Gasteiger partial charge in [0.05, 0.1) is 11.5 Å². The van der Waals surface area contributed by atoms with Gasteiger partial charge in [-0.25, -0.2) is 0 Å². The van der Waals surface area contributed by atoms with Crippen molar-refractivity contribution in [2.75, 3.05) is 0 Å². The minimum atomic E-state index is -0.435. The molecule has 0 spiro atoms. The summed E-state index contributed by atoms with van der Waals surface area (Å²) in [5.74, 6) is 0. The van der Waals surface area contributed by atoms with Crippen molar-refractivity contribution in [1.29, 1.82) is 5.26 Å². The Labute approximate surface area is 85.7 Å². The molecule has 0 aliphatic carbocycles. The van der Waals surface area contributed by atoms with Crippen molar-refractivity contribution in [1.82, 2.24) is 0 Å². The highest BCUT2D eigenvalue weighted by atomic mass is 14.3. The monoisotopic (exact) mass is 185 g/mol. The van der Waals surface area contributed by atoms with Crippen molar-refractivity contribution < 1.29 is 0 Å². The maximum Gasteiger partial charge on any atom is 0.0828 e. The molecule has 1 unspecified atom stereocenters. The molecule has 0 saturated heterocycles. The third kappa shape index (κ3) is 2.03. The van der Waals surface area contributed by atoms with Crippen LogP contribution in [-0.4, -0.2) is 0 Å². The van der Waals surface area contributed by atoms with Gasteiger partial charge in [-0.2, -0.15) is 5.26 Å². The second kappa shape index (κ2) is 4.11. The van der Waals surface area contributed by atoms with Crippen molar-refractivity contribution in [3.8, 4) is 6.07 Å². The van der Waals surface area contributed by atoms with E-state index in [2.05, 4.69) is 12.6 Å². The van der Waals surface area contributed by atoms with Gasteiger partial charge in [-0.1, -0.05) is 35.9 Å². The lowest BCUT2D eigenvalue weighted by Crippen LogP contribution is -2.18. The van der Waals surface area contributed by atoms with Crippen LogP contribution in [-0.2, 0) is 5.41 Å². The van der Waals surface area contributed by atoms with E-state index in [0.717, 1.165) is 5.56 Å². The second-order valence-corrected chi connectivity index (χ2v) is 3.80. The van der Waals surface area contributed by atoms with E-state index in [4.69, 9.17) is 5.26 Å². The van der Waals surface area contributed by atoms with Crippen LogP contribution < -0.4 is 0 Å². The molecule has 1 rings (SSSR count). The molecular formula is C13H15N. The molecule has 0 saturated carbocycles. The summed E-state index contributed by atoms with van der Waals surface area (Å²) in [6.45, 7) is 7.67. The first kappa shape index (κ1) is 10.5. The van der Waals surface area contributed by atoms with Gasteiger partial charge in [0.25, 0.3) is 0 Å². The largest absolute Gasteiger partial charge is 0.197 e. The average Bonchev–Trinajstić information content (AvgIpc) is 2.19. The Hall–Kier alpha value is -1.55. The van der Waals surface area contributed by atoms with E-state index in [0.29, 0.717) is 6.42 Å². The molecular weight excluding hydrogens is 170 g/mol. The molecule has 14 heavy (non-hydrogen) atoms. The lowest BCUT2D eigenvalue weighted by molar-refractivity contribution is 0.621. The number of nitrogens with zero attached hydrogens (tertiary/aromatic N) is 1. The van der Waals surface area contributed by atoms with Crippen LogP contribution in [0.15, 0.2) is 36.9 Å². The molecule has 0 N–H and O–H groups in total. The summed E-state index contributed by atoms with van der Waals surface area (Å²) >= 11 is 0. The van der Waals surface area contributed by atoms with Crippen LogP contribution in [0.25, 0.3) is 0 Å². The maximum absolute atomic E-state index is 9.14. The van der Waals surface area contributed by atoms with Gasteiger partial charge in [-0.15, -0.1) is 6.58 Å². The summed E-state index contributed by atoms with van der Waals surface area (Å²) < 4.78 is 0. The zero-order valence-corrected chi connectivity index (χ0v) is 8.75. The van der Waals surface area contributed by atoms with Gasteiger partial charge in [0.2, 0.25) is 0 Å². The highest BCUT2D eigenvalue weighted by Crippen LogP contribution is 2.27. The molecule has 0 amide bonds. The molecule has 1 atom stereocenters. The Kier molecular flexibility index (Phi) is 3.09. The molecule has 0 heterocycles. The Morgan fingerprint density at radius 1 is 1.43 bits per heavy atom. The summed E-state index contributed by atoms with van der Waals surface area (Å²) in [7, 11) is 0. The first-order valence-corrected chi connectivity index (χ1v) is 4.72. The molecule has 1 aromatic carbocycles. The topological polar surface area (TPSA) is 23.8 Å². The molecule has 0 fully saturated rings. The van der Waals surface area contributed by atoms with Crippen LogP contribution in [0.2, 0.25) is 0 Å². The van der Waals surface area contributed by atoms with E-state index in [1.54, 1.807) is 6.08 Å². The number of hydrogen-bond donors (Lipinski definition) is 0. The van der Waals surface area contributed by atoms with E-state index in [-0.39, 0.29) is 0 Å². The van der Waals surface area contributed by atoms with E-state index in [1.807, 2.05) is 38.1 Å². The Bertz CT molecular complexity index is 356. The lowest BCUT2D eigenvalue weighted by Gasteiger charge is -2.20. The summed E-state index contributed by atoms with van der Waals surface area (Å²) in [4.78, 5) is 0.